The molecule has 4 rings (SSSR count). The van der Waals surface area contributed by atoms with Crippen molar-refractivity contribution in [2.45, 2.75) is 38.8 Å². The molecule has 0 atom stereocenters. The van der Waals surface area contributed by atoms with Crippen molar-refractivity contribution in [1.29, 1.82) is 0 Å². The van der Waals surface area contributed by atoms with E-state index in [2.05, 4.69) is 21.7 Å². The number of nitrogens with one attached hydrogen (secondary N) is 3. The van der Waals surface area contributed by atoms with E-state index in [4.69, 9.17) is 4.74 Å². The molecule has 1 fully saturated rings. The number of ether oxygens (including phenoxy) is 1. The van der Waals surface area contributed by atoms with Gasteiger partial charge in [-0.2, -0.15) is 0 Å². The van der Waals surface area contributed by atoms with Crippen LogP contribution in [0.15, 0.2) is 18.2 Å². The number of rotatable bonds is 6. The molecule has 1 aromatic carbocycles. The summed E-state index contributed by atoms with van der Waals surface area (Å²) >= 11 is 1.39. The Morgan fingerprint density at radius 3 is 2.75 bits per heavy atom. The first-order chi connectivity index (χ1) is 13.4. The minimum atomic E-state index is -0.992. The number of amides is 1. The zero-order chi connectivity index (χ0) is 19.9. The Bertz CT molecular complexity index is 927. The van der Waals surface area contributed by atoms with E-state index in [-0.39, 0.29) is 17.1 Å². The summed E-state index contributed by atoms with van der Waals surface area (Å²) in [4.78, 5) is 12.9. The number of halogens is 2. The number of anilines is 2. The van der Waals surface area contributed by atoms with Crippen LogP contribution in [-0.4, -0.2) is 29.2 Å². The lowest BCUT2D eigenvalue weighted by Gasteiger charge is -2.38. The van der Waals surface area contributed by atoms with Gasteiger partial charge < -0.3 is 19.3 Å². The molecule has 0 saturated carbocycles. The van der Waals surface area contributed by atoms with E-state index in [9.17, 15) is 13.6 Å². The predicted octanol–water partition coefficient (Wildman–Crippen LogP) is 3.63. The molecule has 1 amide bonds. The van der Waals surface area contributed by atoms with Gasteiger partial charge in [-0.05, 0) is 38.8 Å². The molecule has 0 spiro atoms. The van der Waals surface area contributed by atoms with Gasteiger partial charge in [0, 0.05) is 41.7 Å². The van der Waals surface area contributed by atoms with Gasteiger partial charge in [0.05, 0.1) is 24.4 Å². The minimum Gasteiger partial charge on any atom is -0.377 e. The number of carbonyl (C=O) groups is 1. The molecule has 3 heterocycles. The third-order valence-electron chi connectivity index (χ3n) is 5.09. The third kappa shape index (κ3) is 3.49. The minimum absolute atomic E-state index is 0.0542. The summed E-state index contributed by atoms with van der Waals surface area (Å²) in [6.07, 6.45) is 1.84. The molecule has 3 N–H and O–H groups in total. The molecule has 2 aromatic rings. The second-order valence-corrected chi connectivity index (χ2v) is 8.11. The van der Waals surface area contributed by atoms with Crippen molar-refractivity contribution in [2.75, 3.05) is 23.3 Å². The Balaban J connectivity index is 1.53. The average molecular weight is 408 g/mol. The highest BCUT2D eigenvalue weighted by Gasteiger charge is 2.34. The summed E-state index contributed by atoms with van der Waals surface area (Å²) in [5.74, 6) is -2.27. The summed E-state index contributed by atoms with van der Waals surface area (Å²) in [7, 11) is 0. The third-order valence-corrected chi connectivity index (χ3v) is 6.00. The lowest BCUT2D eigenvalue weighted by molar-refractivity contribution is -0.0509. The second-order valence-electron chi connectivity index (χ2n) is 7.49. The number of hydrogen-bond donors (Lipinski definition) is 3. The molecule has 28 heavy (non-hydrogen) atoms. The van der Waals surface area contributed by atoms with Crippen LogP contribution in [-0.2, 0) is 17.7 Å². The van der Waals surface area contributed by atoms with Crippen molar-refractivity contribution < 1.29 is 18.3 Å². The Morgan fingerprint density at radius 1 is 1.29 bits per heavy atom. The number of carbonyl (C=O) groups excluding carboxylic acids is 1. The van der Waals surface area contributed by atoms with Gasteiger partial charge in [-0.3, -0.25) is 4.79 Å². The maximum Gasteiger partial charge on any atom is 0.272 e. The summed E-state index contributed by atoms with van der Waals surface area (Å²) in [5.41, 5.74) is 3.55. The summed E-state index contributed by atoms with van der Waals surface area (Å²) in [6, 6.07) is 3.33. The van der Waals surface area contributed by atoms with E-state index >= 15 is 0 Å². The van der Waals surface area contributed by atoms with Crippen LogP contribution < -0.4 is 14.8 Å². The van der Waals surface area contributed by atoms with Crippen molar-refractivity contribution >= 4 is 29.4 Å². The van der Waals surface area contributed by atoms with Crippen LogP contribution in [0.5, 0.6) is 0 Å². The van der Waals surface area contributed by atoms with Crippen LogP contribution >= 0.6 is 12.1 Å². The Morgan fingerprint density at radius 2 is 2.07 bits per heavy atom. The Hall–Kier alpha value is -2.10. The Kier molecular flexibility index (Phi) is 5.07. The lowest BCUT2D eigenvalue weighted by Crippen LogP contribution is -2.55. The maximum atomic E-state index is 13.4. The van der Waals surface area contributed by atoms with Crippen molar-refractivity contribution in [3.8, 4) is 0 Å². The van der Waals surface area contributed by atoms with Crippen LogP contribution in [0.3, 0.4) is 0 Å². The summed E-state index contributed by atoms with van der Waals surface area (Å²) < 4.78 is 40.5. The van der Waals surface area contributed by atoms with Crippen molar-refractivity contribution in [3.05, 3.63) is 46.8 Å². The van der Waals surface area contributed by atoms with Gasteiger partial charge in [-0.25, -0.2) is 13.5 Å². The zero-order valence-electron chi connectivity index (χ0n) is 15.7. The van der Waals surface area contributed by atoms with Gasteiger partial charge >= 0.3 is 0 Å². The molecular formula is C19H22F2N4O2S. The number of aromatic nitrogens is 1. The molecule has 0 bridgehead atoms. The SMILES string of the molecule is Cc1c(NSNC2(C)COC2)c2n(c1C(=O)Nc1ccc(F)c(F)c1)CCC2. The van der Waals surface area contributed by atoms with Gasteiger partial charge in [-0.1, -0.05) is 0 Å². The van der Waals surface area contributed by atoms with Crippen LogP contribution in [0, 0.1) is 18.6 Å². The highest BCUT2D eigenvalue weighted by atomic mass is 32.2. The van der Waals surface area contributed by atoms with Gasteiger partial charge in [0.1, 0.15) is 5.69 Å². The first-order valence-corrected chi connectivity index (χ1v) is 9.95. The second kappa shape index (κ2) is 7.38. The first-order valence-electron chi connectivity index (χ1n) is 9.13. The fraction of sp³-hybridized carbons (Fsp3) is 0.421. The van der Waals surface area contributed by atoms with Crippen LogP contribution in [0.25, 0.3) is 0 Å². The van der Waals surface area contributed by atoms with E-state index in [1.54, 1.807) is 0 Å². The highest BCUT2D eigenvalue weighted by molar-refractivity contribution is 7.98. The van der Waals surface area contributed by atoms with Gasteiger partial charge in [0.2, 0.25) is 0 Å². The predicted molar refractivity (Wildman–Crippen MR) is 105 cm³/mol. The fourth-order valence-corrected chi connectivity index (χ4v) is 4.37. The van der Waals surface area contributed by atoms with Crippen LogP contribution in [0.1, 0.15) is 35.1 Å². The van der Waals surface area contributed by atoms with E-state index in [1.165, 1.54) is 18.2 Å². The first kappa shape index (κ1) is 19.2. The summed E-state index contributed by atoms with van der Waals surface area (Å²) in [5, 5.41) is 2.68. The standard InChI is InChI=1S/C19H22F2N4O2S/c1-11-16(23-28-24-19(2)9-27-10-19)15-4-3-7-25(15)17(11)18(26)22-12-5-6-13(20)14(21)8-12/h5-6,8,23-24H,3-4,7,9-10H2,1-2H3,(H,22,26). The van der Waals surface area contributed by atoms with Crippen molar-refractivity contribution in [1.82, 2.24) is 9.29 Å². The number of hydrogen-bond acceptors (Lipinski definition) is 5. The Labute approximate surface area is 166 Å². The fourth-order valence-electron chi connectivity index (χ4n) is 3.58. The van der Waals surface area contributed by atoms with E-state index < -0.39 is 11.6 Å². The monoisotopic (exact) mass is 408 g/mol. The number of benzene rings is 1. The highest BCUT2D eigenvalue weighted by Crippen LogP contribution is 2.35. The lowest BCUT2D eigenvalue weighted by atomic mass is 10.0. The van der Waals surface area contributed by atoms with Gasteiger partial charge in [0.15, 0.2) is 11.6 Å². The molecule has 0 unspecified atom stereocenters. The number of fused-ring (bicyclic) bond motifs is 1. The van der Waals surface area contributed by atoms with E-state index in [1.807, 2.05) is 11.5 Å². The normalized spacial score (nSPS) is 17.1. The van der Waals surface area contributed by atoms with Crippen molar-refractivity contribution in [3.63, 3.8) is 0 Å². The molecular weight excluding hydrogens is 386 g/mol. The molecule has 6 nitrogen and oxygen atoms in total. The van der Waals surface area contributed by atoms with Crippen LogP contribution in [0.2, 0.25) is 0 Å². The largest absolute Gasteiger partial charge is 0.377 e. The molecule has 0 radical (unpaired) electrons. The van der Waals surface area contributed by atoms with Crippen molar-refractivity contribution in [2.24, 2.45) is 0 Å². The summed E-state index contributed by atoms with van der Waals surface area (Å²) in [6.45, 7) is 6.06. The molecule has 150 valence electrons. The molecule has 1 aromatic heterocycles. The molecule has 2 aliphatic heterocycles. The van der Waals surface area contributed by atoms with E-state index in [0.29, 0.717) is 18.9 Å². The zero-order valence-corrected chi connectivity index (χ0v) is 16.5. The van der Waals surface area contributed by atoms with Crippen LogP contribution in [0.4, 0.5) is 20.2 Å². The average Bonchev–Trinajstić information content (AvgIpc) is 3.18. The smallest absolute Gasteiger partial charge is 0.272 e. The topological polar surface area (TPSA) is 67.3 Å². The quantitative estimate of drug-likeness (QED) is 0.637. The molecule has 0 aliphatic carbocycles. The maximum absolute atomic E-state index is 13.4. The van der Waals surface area contributed by atoms with Gasteiger partial charge in [-0.15, -0.1) is 0 Å². The molecule has 1 saturated heterocycles. The molecule has 9 heteroatoms. The van der Waals surface area contributed by atoms with E-state index in [0.717, 1.165) is 48.5 Å². The van der Waals surface area contributed by atoms with Gasteiger partial charge in [0.25, 0.3) is 5.91 Å². The number of nitrogens with zero attached hydrogens (tertiary/aromatic N) is 1. The molecule has 2 aliphatic rings.